The van der Waals surface area contributed by atoms with Crippen LogP contribution in [0, 0.1) is 17.8 Å². The smallest absolute Gasteiger partial charge is 0.311 e. The number of hydrogen-bond acceptors (Lipinski definition) is 6. The Morgan fingerprint density at radius 3 is 2.88 bits per heavy atom. The fourth-order valence-corrected chi connectivity index (χ4v) is 4.18. The van der Waals surface area contributed by atoms with Crippen molar-refractivity contribution >= 4 is 11.9 Å². The molecule has 0 aliphatic heterocycles. The lowest BCUT2D eigenvalue weighted by Gasteiger charge is -2.29. The quantitative estimate of drug-likeness (QED) is 0.864. The van der Waals surface area contributed by atoms with E-state index in [1.165, 1.54) is 19.8 Å². The number of furan rings is 1. The van der Waals surface area contributed by atoms with Gasteiger partial charge in [-0.1, -0.05) is 0 Å². The number of amides is 1. The molecule has 0 aromatic carbocycles. The number of ether oxygens (including phenoxy) is 1. The Morgan fingerprint density at radius 2 is 2.12 bits per heavy atom. The lowest BCUT2D eigenvalue weighted by molar-refractivity contribution is -0.148. The van der Waals surface area contributed by atoms with E-state index in [0.29, 0.717) is 11.7 Å². The van der Waals surface area contributed by atoms with Gasteiger partial charge >= 0.3 is 5.97 Å². The van der Waals surface area contributed by atoms with Crippen molar-refractivity contribution in [3.05, 3.63) is 30.5 Å². The molecule has 126 valence electrons. The molecule has 7 nitrogen and oxygen atoms in total. The fraction of sp³-hybridized carbons (Fsp3) is 0.471. The highest BCUT2D eigenvalue weighted by molar-refractivity contribution is 5.97. The van der Waals surface area contributed by atoms with Crippen LogP contribution in [0.2, 0.25) is 0 Å². The van der Waals surface area contributed by atoms with Crippen LogP contribution in [0.3, 0.4) is 0 Å². The summed E-state index contributed by atoms with van der Waals surface area (Å²) in [6.45, 7) is 0. The number of nitrogens with zero attached hydrogens (tertiary/aromatic N) is 1. The second-order valence-electron chi connectivity index (χ2n) is 6.39. The van der Waals surface area contributed by atoms with Crippen molar-refractivity contribution in [1.82, 2.24) is 10.3 Å². The maximum absolute atomic E-state index is 12.7. The first kappa shape index (κ1) is 15.0. The van der Waals surface area contributed by atoms with Crippen LogP contribution in [0.1, 0.15) is 29.8 Å². The molecule has 4 rings (SSSR count). The van der Waals surface area contributed by atoms with E-state index in [1.807, 2.05) is 0 Å². The van der Waals surface area contributed by atoms with Crippen molar-refractivity contribution in [2.75, 3.05) is 7.11 Å². The molecule has 2 bridgehead atoms. The van der Waals surface area contributed by atoms with Crippen molar-refractivity contribution < 1.29 is 23.2 Å². The minimum Gasteiger partial charge on any atom is -0.469 e. The van der Waals surface area contributed by atoms with Gasteiger partial charge in [-0.2, -0.15) is 0 Å². The van der Waals surface area contributed by atoms with Crippen LogP contribution in [-0.2, 0) is 9.53 Å². The van der Waals surface area contributed by atoms with Crippen LogP contribution in [-0.4, -0.2) is 30.0 Å². The molecule has 2 aromatic heterocycles. The summed E-state index contributed by atoms with van der Waals surface area (Å²) in [4.78, 5) is 28.8. The van der Waals surface area contributed by atoms with Crippen molar-refractivity contribution in [2.24, 2.45) is 17.8 Å². The summed E-state index contributed by atoms with van der Waals surface area (Å²) in [5, 5.41) is 2.98. The summed E-state index contributed by atoms with van der Waals surface area (Å²) in [5.74, 6) is 0.430. The Hall–Kier alpha value is -2.57. The predicted octanol–water partition coefficient (Wildman–Crippen LogP) is 2.25. The molecule has 4 atom stereocenters. The first-order valence-corrected chi connectivity index (χ1v) is 8.05. The summed E-state index contributed by atoms with van der Waals surface area (Å²) >= 11 is 0. The first-order chi connectivity index (χ1) is 11.7. The van der Waals surface area contributed by atoms with Gasteiger partial charge in [0.15, 0.2) is 17.8 Å². The van der Waals surface area contributed by atoms with Gasteiger partial charge in [-0.05, 0) is 43.2 Å². The maximum Gasteiger partial charge on any atom is 0.311 e. The van der Waals surface area contributed by atoms with E-state index in [0.717, 1.165) is 19.3 Å². The standard InChI is InChI=1S/C17H18N2O5/c1-22-17(21)12-9-4-5-10(7-9)13(12)19-16(20)14-15(24-8-18-14)11-3-2-6-23-11/h2-3,6,8-10,12-13H,4-5,7H2,1H3,(H,19,20). The fourth-order valence-electron chi connectivity index (χ4n) is 4.18. The molecule has 1 amide bonds. The van der Waals surface area contributed by atoms with E-state index in [-0.39, 0.29) is 41.2 Å². The number of rotatable bonds is 4. The number of fused-ring (bicyclic) bond motifs is 2. The summed E-state index contributed by atoms with van der Waals surface area (Å²) in [7, 11) is 1.39. The summed E-state index contributed by atoms with van der Waals surface area (Å²) in [6.07, 6.45) is 5.70. The number of hydrogen-bond donors (Lipinski definition) is 1. The number of carbonyl (C=O) groups is 2. The molecular formula is C17H18N2O5. The Kier molecular flexibility index (Phi) is 3.63. The highest BCUT2D eigenvalue weighted by Gasteiger charge is 2.52. The Bertz CT molecular complexity index is 751. The molecule has 0 radical (unpaired) electrons. The number of carbonyl (C=O) groups excluding carboxylic acids is 2. The van der Waals surface area contributed by atoms with Crippen molar-refractivity contribution in [3.8, 4) is 11.5 Å². The van der Waals surface area contributed by atoms with E-state index in [9.17, 15) is 9.59 Å². The summed E-state index contributed by atoms with van der Waals surface area (Å²) in [6, 6.07) is 3.19. The van der Waals surface area contributed by atoms with Gasteiger partial charge in [-0.15, -0.1) is 0 Å². The molecule has 0 saturated heterocycles. The Labute approximate surface area is 138 Å². The molecule has 0 spiro atoms. The Morgan fingerprint density at radius 1 is 1.29 bits per heavy atom. The summed E-state index contributed by atoms with van der Waals surface area (Å²) in [5.41, 5.74) is 0.163. The van der Waals surface area contributed by atoms with Crippen LogP contribution in [0.5, 0.6) is 0 Å². The van der Waals surface area contributed by atoms with Crippen LogP contribution < -0.4 is 5.32 Å². The zero-order valence-electron chi connectivity index (χ0n) is 13.2. The predicted molar refractivity (Wildman–Crippen MR) is 81.8 cm³/mol. The van der Waals surface area contributed by atoms with Crippen LogP contribution >= 0.6 is 0 Å². The van der Waals surface area contributed by atoms with Crippen molar-refractivity contribution in [3.63, 3.8) is 0 Å². The van der Waals surface area contributed by atoms with Gasteiger partial charge in [0, 0.05) is 6.04 Å². The van der Waals surface area contributed by atoms with Gasteiger partial charge in [-0.25, -0.2) is 4.98 Å². The lowest BCUT2D eigenvalue weighted by Crippen LogP contribution is -2.47. The molecule has 24 heavy (non-hydrogen) atoms. The third-order valence-electron chi connectivity index (χ3n) is 5.21. The van der Waals surface area contributed by atoms with Gasteiger partial charge < -0.3 is 18.9 Å². The average Bonchev–Trinajstić information content (AvgIpc) is 3.36. The van der Waals surface area contributed by atoms with E-state index in [1.54, 1.807) is 12.1 Å². The number of methoxy groups -OCH3 is 1. The number of aromatic nitrogens is 1. The largest absolute Gasteiger partial charge is 0.469 e. The van der Waals surface area contributed by atoms with E-state index in [2.05, 4.69) is 10.3 Å². The average molecular weight is 330 g/mol. The van der Waals surface area contributed by atoms with Crippen molar-refractivity contribution in [2.45, 2.75) is 25.3 Å². The topological polar surface area (TPSA) is 94.6 Å². The molecular weight excluding hydrogens is 312 g/mol. The number of esters is 1. The minimum absolute atomic E-state index is 0.163. The van der Waals surface area contributed by atoms with Gasteiger partial charge in [0.05, 0.1) is 19.3 Å². The number of nitrogens with one attached hydrogen (secondary N) is 1. The monoisotopic (exact) mass is 330 g/mol. The second kappa shape index (κ2) is 5.81. The third kappa shape index (κ3) is 2.31. The second-order valence-corrected chi connectivity index (χ2v) is 6.39. The van der Waals surface area contributed by atoms with Gasteiger partial charge in [0.1, 0.15) is 0 Å². The molecule has 2 saturated carbocycles. The molecule has 2 aromatic rings. The molecule has 4 unspecified atom stereocenters. The zero-order chi connectivity index (χ0) is 16.7. The molecule has 2 aliphatic rings. The van der Waals surface area contributed by atoms with Crippen LogP contribution in [0.4, 0.5) is 0 Å². The van der Waals surface area contributed by atoms with Crippen LogP contribution in [0.15, 0.2) is 33.6 Å². The Balaban J connectivity index is 1.56. The first-order valence-electron chi connectivity index (χ1n) is 8.05. The van der Waals surface area contributed by atoms with Crippen molar-refractivity contribution in [1.29, 1.82) is 0 Å². The minimum atomic E-state index is -0.360. The highest BCUT2D eigenvalue weighted by atomic mass is 16.5. The van der Waals surface area contributed by atoms with Gasteiger partial charge in [-0.3, -0.25) is 9.59 Å². The normalized spacial score (nSPS) is 28.0. The van der Waals surface area contributed by atoms with E-state index >= 15 is 0 Å². The number of oxazole rings is 1. The zero-order valence-corrected chi connectivity index (χ0v) is 13.2. The highest BCUT2D eigenvalue weighted by Crippen LogP contribution is 2.49. The van der Waals surface area contributed by atoms with E-state index in [4.69, 9.17) is 13.6 Å². The van der Waals surface area contributed by atoms with E-state index < -0.39 is 0 Å². The maximum atomic E-state index is 12.7. The molecule has 2 heterocycles. The van der Waals surface area contributed by atoms with Gasteiger partial charge in [0.2, 0.25) is 5.76 Å². The van der Waals surface area contributed by atoms with Gasteiger partial charge in [0.25, 0.3) is 5.91 Å². The summed E-state index contributed by atoms with van der Waals surface area (Å²) < 4.78 is 15.5. The molecule has 7 heteroatoms. The molecule has 2 fully saturated rings. The third-order valence-corrected chi connectivity index (χ3v) is 5.21. The molecule has 1 N–H and O–H groups in total. The molecule has 2 aliphatic carbocycles. The SMILES string of the molecule is COC(=O)C1C2CCC(C2)C1NC(=O)c1ncoc1-c1ccco1. The van der Waals surface area contributed by atoms with Crippen LogP contribution in [0.25, 0.3) is 11.5 Å². The lowest BCUT2D eigenvalue weighted by atomic mass is 9.84.